The van der Waals surface area contributed by atoms with Crippen LogP contribution in [0.3, 0.4) is 0 Å². The summed E-state index contributed by atoms with van der Waals surface area (Å²) in [4.78, 5) is 0. The molecule has 2 aromatic rings. The zero-order valence-electron chi connectivity index (χ0n) is 9.11. The van der Waals surface area contributed by atoms with E-state index in [1.165, 1.54) is 0 Å². The first kappa shape index (κ1) is 12.6. The zero-order chi connectivity index (χ0) is 12.3. The lowest BCUT2D eigenvalue weighted by Crippen LogP contribution is -2.01. The molecule has 0 aromatic heterocycles. The van der Waals surface area contributed by atoms with Crippen LogP contribution in [-0.4, -0.2) is 5.11 Å². The molecular weight excluding hydrogens is 300 g/mol. The van der Waals surface area contributed by atoms with E-state index in [1.807, 2.05) is 36.4 Å². The highest BCUT2D eigenvalue weighted by Crippen LogP contribution is 2.21. The summed E-state index contributed by atoms with van der Waals surface area (Å²) in [6.45, 7) is 0. The third-order valence-corrected chi connectivity index (χ3v) is 3.38. The van der Waals surface area contributed by atoms with Gasteiger partial charge in [-0.2, -0.15) is 0 Å². The highest BCUT2D eigenvalue weighted by Gasteiger charge is 2.08. The lowest BCUT2D eigenvalue weighted by Gasteiger charge is -2.11. The predicted molar refractivity (Wildman–Crippen MR) is 74.3 cm³/mol. The Bertz CT molecular complexity index is 479. The monoisotopic (exact) mass is 310 g/mol. The summed E-state index contributed by atoms with van der Waals surface area (Å²) in [5.41, 5.74) is 1.99. The Hall–Kier alpha value is -0.830. The van der Waals surface area contributed by atoms with Gasteiger partial charge >= 0.3 is 0 Å². The van der Waals surface area contributed by atoms with Crippen molar-refractivity contribution in [2.45, 2.75) is 12.5 Å². The first-order valence-corrected chi connectivity index (χ1v) is 6.50. The van der Waals surface area contributed by atoms with Gasteiger partial charge < -0.3 is 5.11 Å². The second kappa shape index (κ2) is 5.67. The van der Waals surface area contributed by atoms with E-state index in [1.54, 1.807) is 12.1 Å². The van der Waals surface area contributed by atoms with E-state index in [0.717, 1.165) is 15.6 Å². The summed E-state index contributed by atoms with van der Waals surface area (Å²) in [5.74, 6) is 0. The highest BCUT2D eigenvalue weighted by atomic mass is 79.9. The number of hydrogen-bond acceptors (Lipinski definition) is 1. The molecule has 0 radical (unpaired) electrons. The topological polar surface area (TPSA) is 20.2 Å². The van der Waals surface area contributed by atoms with E-state index in [0.29, 0.717) is 11.4 Å². The minimum atomic E-state index is -0.492. The largest absolute Gasteiger partial charge is 0.388 e. The fourth-order valence-corrected chi connectivity index (χ4v) is 2.04. The van der Waals surface area contributed by atoms with Crippen molar-refractivity contribution < 1.29 is 5.11 Å². The predicted octanol–water partition coefficient (Wildman–Crippen LogP) is 4.38. The standard InChI is InChI=1S/C14H12BrClO/c15-12-5-1-10(2-6-12)9-14(17)11-3-7-13(16)8-4-11/h1-8,14,17H,9H2. The molecule has 0 aliphatic carbocycles. The number of aliphatic hydroxyl groups excluding tert-OH is 1. The van der Waals surface area contributed by atoms with Crippen LogP contribution in [0.4, 0.5) is 0 Å². The number of halogens is 2. The zero-order valence-corrected chi connectivity index (χ0v) is 11.4. The average Bonchev–Trinajstić information content (AvgIpc) is 2.33. The number of hydrogen-bond donors (Lipinski definition) is 1. The SMILES string of the molecule is OC(Cc1ccc(Br)cc1)c1ccc(Cl)cc1. The van der Waals surface area contributed by atoms with Crippen molar-refractivity contribution in [1.82, 2.24) is 0 Å². The second-order valence-corrected chi connectivity index (χ2v) is 5.25. The van der Waals surface area contributed by atoms with Gasteiger partial charge in [0.25, 0.3) is 0 Å². The summed E-state index contributed by atoms with van der Waals surface area (Å²) in [6, 6.07) is 15.3. The lowest BCUT2D eigenvalue weighted by molar-refractivity contribution is 0.178. The van der Waals surface area contributed by atoms with Crippen molar-refractivity contribution in [3.8, 4) is 0 Å². The quantitative estimate of drug-likeness (QED) is 0.892. The second-order valence-electron chi connectivity index (χ2n) is 3.90. The Balaban J connectivity index is 2.08. The Kier molecular flexibility index (Phi) is 4.21. The molecule has 0 heterocycles. The van der Waals surface area contributed by atoms with Gasteiger partial charge in [-0.15, -0.1) is 0 Å². The van der Waals surface area contributed by atoms with Crippen LogP contribution in [-0.2, 0) is 6.42 Å². The molecule has 0 aliphatic heterocycles. The van der Waals surface area contributed by atoms with Gasteiger partial charge in [0, 0.05) is 15.9 Å². The van der Waals surface area contributed by atoms with Gasteiger partial charge in [0.05, 0.1) is 6.10 Å². The molecule has 88 valence electrons. The molecule has 0 saturated heterocycles. The minimum Gasteiger partial charge on any atom is -0.388 e. The first-order valence-electron chi connectivity index (χ1n) is 5.33. The summed E-state index contributed by atoms with van der Waals surface area (Å²) in [7, 11) is 0. The molecular formula is C14H12BrClO. The fourth-order valence-electron chi connectivity index (χ4n) is 1.65. The van der Waals surface area contributed by atoms with E-state index in [4.69, 9.17) is 11.6 Å². The summed E-state index contributed by atoms with van der Waals surface area (Å²) >= 11 is 9.19. The Morgan fingerprint density at radius 1 is 1.00 bits per heavy atom. The van der Waals surface area contributed by atoms with Crippen LogP contribution < -0.4 is 0 Å². The van der Waals surface area contributed by atoms with Crippen molar-refractivity contribution in [3.05, 3.63) is 69.2 Å². The molecule has 0 spiro atoms. The van der Waals surface area contributed by atoms with Crippen LogP contribution in [0.2, 0.25) is 5.02 Å². The van der Waals surface area contributed by atoms with Crippen molar-refractivity contribution in [3.63, 3.8) is 0 Å². The molecule has 1 nitrogen and oxygen atoms in total. The maximum absolute atomic E-state index is 10.1. The van der Waals surface area contributed by atoms with Gasteiger partial charge in [0.15, 0.2) is 0 Å². The molecule has 0 amide bonds. The van der Waals surface area contributed by atoms with E-state index >= 15 is 0 Å². The lowest BCUT2D eigenvalue weighted by atomic mass is 10.0. The van der Waals surface area contributed by atoms with E-state index in [-0.39, 0.29) is 0 Å². The smallest absolute Gasteiger partial charge is 0.0830 e. The molecule has 0 bridgehead atoms. The third kappa shape index (κ3) is 3.56. The van der Waals surface area contributed by atoms with Crippen molar-refractivity contribution in [1.29, 1.82) is 0 Å². The minimum absolute atomic E-state index is 0.492. The van der Waals surface area contributed by atoms with Crippen molar-refractivity contribution >= 4 is 27.5 Å². The molecule has 0 aliphatic rings. The molecule has 0 saturated carbocycles. The summed E-state index contributed by atoms with van der Waals surface area (Å²) in [5, 5.41) is 10.8. The van der Waals surface area contributed by atoms with Gasteiger partial charge in [-0.1, -0.05) is 51.8 Å². The van der Waals surface area contributed by atoms with Crippen LogP contribution >= 0.6 is 27.5 Å². The number of rotatable bonds is 3. The number of benzene rings is 2. The molecule has 17 heavy (non-hydrogen) atoms. The third-order valence-electron chi connectivity index (χ3n) is 2.60. The molecule has 1 N–H and O–H groups in total. The Morgan fingerprint density at radius 3 is 2.18 bits per heavy atom. The number of aliphatic hydroxyl groups is 1. The Labute approximate surface area is 114 Å². The molecule has 0 fully saturated rings. The van der Waals surface area contributed by atoms with Crippen LogP contribution in [0, 0.1) is 0 Å². The van der Waals surface area contributed by atoms with Gasteiger partial charge in [0.1, 0.15) is 0 Å². The van der Waals surface area contributed by atoms with Gasteiger partial charge in [-0.25, -0.2) is 0 Å². The summed E-state index contributed by atoms with van der Waals surface area (Å²) in [6.07, 6.45) is 0.114. The molecule has 2 rings (SSSR count). The maximum atomic E-state index is 10.1. The van der Waals surface area contributed by atoms with Crippen molar-refractivity contribution in [2.24, 2.45) is 0 Å². The van der Waals surface area contributed by atoms with Gasteiger partial charge in [-0.3, -0.25) is 0 Å². The van der Waals surface area contributed by atoms with Gasteiger partial charge in [-0.05, 0) is 35.4 Å². The van der Waals surface area contributed by atoms with E-state index in [9.17, 15) is 5.11 Å². The molecule has 1 unspecified atom stereocenters. The molecule has 2 aromatic carbocycles. The van der Waals surface area contributed by atoms with E-state index < -0.39 is 6.10 Å². The van der Waals surface area contributed by atoms with Crippen LogP contribution in [0.15, 0.2) is 53.0 Å². The van der Waals surface area contributed by atoms with Gasteiger partial charge in [0.2, 0.25) is 0 Å². The molecule has 3 heteroatoms. The Morgan fingerprint density at radius 2 is 1.59 bits per heavy atom. The van der Waals surface area contributed by atoms with Crippen LogP contribution in [0.1, 0.15) is 17.2 Å². The average molecular weight is 312 g/mol. The normalized spacial score (nSPS) is 12.4. The maximum Gasteiger partial charge on any atom is 0.0830 e. The van der Waals surface area contributed by atoms with E-state index in [2.05, 4.69) is 15.9 Å². The van der Waals surface area contributed by atoms with Crippen molar-refractivity contribution in [2.75, 3.05) is 0 Å². The fraction of sp³-hybridized carbons (Fsp3) is 0.143. The van der Waals surface area contributed by atoms with Crippen LogP contribution in [0.25, 0.3) is 0 Å². The van der Waals surface area contributed by atoms with Crippen LogP contribution in [0.5, 0.6) is 0 Å². The first-order chi connectivity index (χ1) is 8.15. The summed E-state index contributed by atoms with van der Waals surface area (Å²) < 4.78 is 1.04. The molecule has 1 atom stereocenters. The highest BCUT2D eigenvalue weighted by molar-refractivity contribution is 9.10.